The monoisotopic (exact) mass is 302 g/mol. The minimum Gasteiger partial charge on any atom is -0.493 e. The lowest BCUT2D eigenvalue weighted by Gasteiger charge is -2.09. The highest BCUT2D eigenvalue weighted by Crippen LogP contribution is 2.27. The fourth-order valence-corrected chi connectivity index (χ4v) is 1.80. The number of benzene rings is 1. The number of amides is 1. The van der Waals surface area contributed by atoms with Crippen LogP contribution in [-0.4, -0.2) is 36.0 Å². The van der Waals surface area contributed by atoms with E-state index in [1.807, 2.05) is 19.9 Å². The van der Waals surface area contributed by atoms with Gasteiger partial charge in [0.05, 0.1) is 19.9 Å². The zero-order valence-electron chi connectivity index (χ0n) is 12.7. The summed E-state index contributed by atoms with van der Waals surface area (Å²) in [4.78, 5) is 11.8. The number of aromatic nitrogens is 2. The molecule has 2 aromatic rings. The highest BCUT2D eigenvalue weighted by atomic mass is 16.5. The average molecular weight is 302 g/mol. The summed E-state index contributed by atoms with van der Waals surface area (Å²) in [5.74, 6) is 0.900. The van der Waals surface area contributed by atoms with E-state index < -0.39 is 0 Å². The Bertz CT molecular complexity index is 679. The van der Waals surface area contributed by atoms with Gasteiger partial charge in [0.25, 0.3) is 5.91 Å². The van der Waals surface area contributed by atoms with Crippen molar-refractivity contribution in [3.05, 3.63) is 41.2 Å². The first-order valence-electron chi connectivity index (χ1n) is 6.80. The first kappa shape index (κ1) is 15.6. The molecule has 22 heavy (non-hydrogen) atoms. The Hall–Kier alpha value is -2.83. The number of hydrogen-bond donors (Lipinski definition) is 2. The van der Waals surface area contributed by atoms with Crippen molar-refractivity contribution in [2.45, 2.75) is 13.8 Å². The third-order valence-electron chi connectivity index (χ3n) is 2.81. The minimum absolute atomic E-state index is 0.291. The summed E-state index contributed by atoms with van der Waals surface area (Å²) in [5, 5.41) is 10.5. The number of nitrogens with zero attached hydrogens (tertiary/aromatic N) is 2. The Balaban J connectivity index is 2.03. The van der Waals surface area contributed by atoms with Gasteiger partial charge in [0.2, 0.25) is 0 Å². The summed E-state index contributed by atoms with van der Waals surface area (Å²) in [7, 11) is 1.58. The highest BCUT2D eigenvalue weighted by molar-refractivity contribution is 5.93. The Morgan fingerprint density at radius 2 is 2.23 bits per heavy atom. The molecule has 1 aromatic carbocycles. The molecule has 116 valence electrons. The smallest absolute Gasteiger partial charge is 0.291 e. The van der Waals surface area contributed by atoms with Gasteiger partial charge in [-0.05, 0) is 43.7 Å². The molecule has 0 fully saturated rings. The molecular formula is C15H18N4O3. The molecule has 1 heterocycles. The molecule has 0 spiro atoms. The van der Waals surface area contributed by atoms with E-state index in [-0.39, 0.29) is 5.91 Å². The second-order valence-corrected chi connectivity index (χ2v) is 4.48. The van der Waals surface area contributed by atoms with Crippen LogP contribution in [0.15, 0.2) is 29.4 Å². The summed E-state index contributed by atoms with van der Waals surface area (Å²) in [5.41, 5.74) is 4.30. The van der Waals surface area contributed by atoms with Crippen molar-refractivity contribution in [1.29, 1.82) is 0 Å². The number of hydrazone groups is 1. The van der Waals surface area contributed by atoms with E-state index in [1.165, 1.54) is 6.21 Å². The van der Waals surface area contributed by atoms with E-state index in [1.54, 1.807) is 25.3 Å². The van der Waals surface area contributed by atoms with Crippen LogP contribution in [-0.2, 0) is 0 Å². The van der Waals surface area contributed by atoms with Crippen molar-refractivity contribution in [2.24, 2.45) is 5.10 Å². The van der Waals surface area contributed by atoms with Crippen molar-refractivity contribution in [3.63, 3.8) is 0 Å². The van der Waals surface area contributed by atoms with Gasteiger partial charge in [-0.2, -0.15) is 10.2 Å². The van der Waals surface area contributed by atoms with Crippen molar-refractivity contribution < 1.29 is 14.3 Å². The zero-order valence-corrected chi connectivity index (χ0v) is 12.7. The van der Waals surface area contributed by atoms with E-state index >= 15 is 0 Å². The number of carbonyl (C=O) groups excluding carboxylic acids is 1. The van der Waals surface area contributed by atoms with Gasteiger partial charge in [-0.15, -0.1) is 0 Å². The molecule has 1 amide bonds. The summed E-state index contributed by atoms with van der Waals surface area (Å²) < 4.78 is 10.7. The number of methoxy groups -OCH3 is 1. The number of hydrogen-bond acceptors (Lipinski definition) is 5. The van der Waals surface area contributed by atoms with Crippen molar-refractivity contribution in [3.8, 4) is 11.5 Å². The van der Waals surface area contributed by atoms with Crippen LogP contribution in [0.1, 0.15) is 28.7 Å². The highest BCUT2D eigenvalue weighted by Gasteiger charge is 2.08. The lowest BCUT2D eigenvalue weighted by atomic mass is 10.2. The Morgan fingerprint density at radius 3 is 2.86 bits per heavy atom. The molecule has 0 radical (unpaired) electrons. The van der Waals surface area contributed by atoms with E-state index in [9.17, 15) is 4.79 Å². The van der Waals surface area contributed by atoms with Crippen molar-refractivity contribution >= 4 is 12.1 Å². The molecular weight excluding hydrogens is 284 g/mol. The first-order valence-corrected chi connectivity index (χ1v) is 6.80. The molecule has 0 saturated carbocycles. The van der Waals surface area contributed by atoms with Gasteiger partial charge in [0, 0.05) is 5.69 Å². The first-order chi connectivity index (χ1) is 10.6. The second kappa shape index (κ2) is 7.26. The van der Waals surface area contributed by atoms with E-state index in [2.05, 4.69) is 20.7 Å². The van der Waals surface area contributed by atoms with Crippen LogP contribution in [0.3, 0.4) is 0 Å². The number of carbonyl (C=O) groups is 1. The quantitative estimate of drug-likeness (QED) is 0.630. The molecule has 0 aliphatic heterocycles. The van der Waals surface area contributed by atoms with E-state index in [4.69, 9.17) is 9.47 Å². The third kappa shape index (κ3) is 3.85. The maximum absolute atomic E-state index is 11.8. The molecule has 0 aliphatic rings. The number of aromatic amines is 1. The standard InChI is InChI=1S/C15H18N4O3/c1-4-22-14-8-11(5-6-13(14)21-3)9-16-19-15(20)12-7-10(2)17-18-12/h5-9H,4H2,1-3H3,(H,17,18)(H,19,20). The molecule has 7 heteroatoms. The molecule has 2 N–H and O–H groups in total. The fraction of sp³-hybridized carbons (Fsp3) is 0.267. The second-order valence-electron chi connectivity index (χ2n) is 4.48. The van der Waals surface area contributed by atoms with Crippen LogP contribution in [0, 0.1) is 6.92 Å². The fourth-order valence-electron chi connectivity index (χ4n) is 1.80. The molecule has 0 bridgehead atoms. The third-order valence-corrected chi connectivity index (χ3v) is 2.81. The number of rotatable bonds is 6. The summed E-state index contributed by atoms with van der Waals surface area (Å²) in [6.45, 7) is 4.25. The van der Waals surface area contributed by atoms with Crippen molar-refractivity contribution in [1.82, 2.24) is 15.6 Å². The lowest BCUT2D eigenvalue weighted by molar-refractivity contribution is 0.0950. The van der Waals surface area contributed by atoms with Crippen LogP contribution in [0.5, 0.6) is 11.5 Å². The molecule has 2 rings (SSSR count). The molecule has 0 unspecified atom stereocenters. The van der Waals surface area contributed by atoms with Gasteiger partial charge in [-0.25, -0.2) is 5.43 Å². The molecule has 0 aliphatic carbocycles. The average Bonchev–Trinajstić information content (AvgIpc) is 2.94. The van der Waals surface area contributed by atoms with E-state index in [0.29, 0.717) is 23.8 Å². The number of H-pyrrole nitrogens is 1. The van der Waals surface area contributed by atoms with Gasteiger partial charge in [-0.3, -0.25) is 9.89 Å². The van der Waals surface area contributed by atoms with Crippen LogP contribution in [0.25, 0.3) is 0 Å². The maximum atomic E-state index is 11.8. The van der Waals surface area contributed by atoms with Gasteiger partial charge < -0.3 is 9.47 Å². The van der Waals surface area contributed by atoms with Crippen LogP contribution < -0.4 is 14.9 Å². The van der Waals surface area contributed by atoms with Gasteiger partial charge in [0.15, 0.2) is 17.2 Å². The lowest BCUT2D eigenvalue weighted by Crippen LogP contribution is -2.18. The van der Waals surface area contributed by atoms with E-state index in [0.717, 1.165) is 11.3 Å². The molecule has 1 aromatic heterocycles. The zero-order chi connectivity index (χ0) is 15.9. The normalized spacial score (nSPS) is 10.7. The van der Waals surface area contributed by atoms with Crippen molar-refractivity contribution in [2.75, 3.05) is 13.7 Å². The summed E-state index contributed by atoms with van der Waals surface area (Å²) >= 11 is 0. The largest absolute Gasteiger partial charge is 0.493 e. The van der Waals surface area contributed by atoms with Crippen LogP contribution >= 0.6 is 0 Å². The predicted molar refractivity (Wildman–Crippen MR) is 82.5 cm³/mol. The maximum Gasteiger partial charge on any atom is 0.291 e. The molecule has 7 nitrogen and oxygen atoms in total. The number of ether oxygens (including phenoxy) is 2. The van der Waals surface area contributed by atoms with Gasteiger partial charge >= 0.3 is 0 Å². The summed E-state index contributed by atoms with van der Waals surface area (Å²) in [6, 6.07) is 7.03. The number of aryl methyl sites for hydroxylation is 1. The Labute approximate surface area is 128 Å². The summed E-state index contributed by atoms with van der Waals surface area (Å²) in [6.07, 6.45) is 1.53. The van der Waals surface area contributed by atoms with Gasteiger partial charge in [-0.1, -0.05) is 0 Å². The Kier molecular flexibility index (Phi) is 5.13. The predicted octanol–water partition coefficient (Wildman–Crippen LogP) is 1.89. The molecule has 0 atom stereocenters. The van der Waals surface area contributed by atoms with Crippen LogP contribution in [0.4, 0.5) is 0 Å². The Morgan fingerprint density at radius 1 is 1.41 bits per heavy atom. The number of nitrogens with one attached hydrogen (secondary N) is 2. The minimum atomic E-state index is -0.376. The van der Waals surface area contributed by atoms with Crippen LogP contribution in [0.2, 0.25) is 0 Å². The molecule has 0 saturated heterocycles. The topological polar surface area (TPSA) is 88.6 Å². The van der Waals surface area contributed by atoms with Gasteiger partial charge in [0.1, 0.15) is 0 Å². The SMILES string of the molecule is CCOc1cc(C=NNC(=O)c2cc(C)[nH]n2)ccc1OC.